The highest BCUT2D eigenvalue weighted by molar-refractivity contribution is 5.90. The molecule has 8 heteroatoms. The molecule has 1 rings (SSSR count). The molecule has 132 valence electrons. The summed E-state index contributed by atoms with van der Waals surface area (Å²) in [7, 11) is 1.49. The van der Waals surface area contributed by atoms with E-state index in [1.165, 1.54) is 32.2 Å². The van der Waals surface area contributed by atoms with Crippen molar-refractivity contribution in [2.24, 2.45) is 0 Å². The van der Waals surface area contributed by atoms with Crippen LogP contribution in [0.15, 0.2) is 30.3 Å². The summed E-state index contributed by atoms with van der Waals surface area (Å²) >= 11 is 0. The lowest BCUT2D eigenvalue weighted by Gasteiger charge is -2.11. The molecule has 0 radical (unpaired) electrons. The lowest BCUT2D eigenvalue weighted by atomic mass is 10.1. The third-order valence-electron chi connectivity index (χ3n) is 2.92. The van der Waals surface area contributed by atoms with Crippen LogP contribution in [0, 0.1) is 0 Å². The van der Waals surface area contributed by atoms with Gasteiger partial charge in [-0.2, -0.15) is 13.2 Å². The summed E-state index contributed by atoms with van der Waals surface area (Å²) in [6, 6.07) is 4.29. The average Bonchev–Trinajstić information content (AvgIpc) is 2.52. The number of carbonyl (C=O) groups is 2. The number of esters is 1. The minimum Gasteiger partial charge on any atom is -0.449 e. The molecule has 0 aliphatic rings. The molecule has 1 atom stereocenters. The second-order valence-corrected chi connectivity index (χ2v) is 4.82. The summed E-state index contributed by atoms with van der Waals surface area (Å²) in [5, 5.41) is 2.51. The number of alkyl halides is 3. The van der Waals surface area contributed by atoms with Crippen LogP contribution in [-0.2, 0) is 25.2 Å². The number of nitrogens with one attached hydrogen (secondary N) is 1. The van der Waals surface area contributed by atoms with Gasteiger partial charge in [-0.1, -0.05) is 12.1 Å². The van der Waals surface area contributed by atoms with Crippen LogP contribution in [0.25, 0.3) is 6.08 Å². The Morgan fingerprint density at radius 3 is 2.42 bits per heavy atom. The van der Waals surface area contributed by atoms with Crippen LogP contribution in [0.5, 0.6) is 0 Å². The van der Waals surface area contributed by atoms with Crippen molar-refractivity contribution >= 4 is 18.0 Å². The molecule has 0 spiro atoms. The zero-order chi connectivity index (χ0) is 18.2. The van der Waals surface area contributed by atoms with Crippen molar-refractivity contribution in [2.45, 2.75) is 19.2 Å². The van der Waals surface area contributed by atoms with Crippen LogP contribution in [0.4, 0.5) is 13.2 Å². The number of halogens is 3. The monoisotopic (exact) mass is 345 g/mol. The summed E-state index contributed by atoms with van der Waals surface area (Å²) < 4.78 is 46.9. The van der Waals surface area contributed by atoms with Crippen molar-refractivity contribution < 1.29 is 32.2 Å². The number of hydrogen-bond acceptors (Lipinski definition) is 4. The van der Waals surface area contributed by atoms with Gasteiger partial charge in [0.05, 0.1) is 12.2 Å². The maximum Gasteiger partial charge on any atom is 0.416 e. The van der Waals surface area contributed by atoms with Gasteiger partial charge in [-0.25, -0.2) is 4.79 Å². The van der Waals surface area contributed by atoms with Gasteiger partial charge in [0.25, 0.3) is 5.91 Å². The molecule has 0 unspecified atom stereocenters. The standard InChI is InChI=1S/C16H18F3NO4/c1-11(15(22)20-9-10-23-2)24-14(21)8-5-12-3-6-13(7-4-12)16(17,18)19/h3-8,11H,9-10H2,1-2H3,(H,20,22)/b8-5+/t11-/m1/s1. The zero-order valence-corrected chi connectivity index (χ0v) is 13.2. The molecule has 0 saturated carbocycles. The Morgan fingerprint density at radius 1 is 1.25 bits per heavy atom. The van der Waals surface area contributed by atoms with E-state index in [1.54, 1.807) is 0 Å². The molecule has 1 aromatic rings. The molecule has 24 heavy (non-hydrogen) atoms. The molecule has 0 bridgehead atoms. The number of rotatable bonds is 7. The zero-order valence-electron chi connectivity index (χ0n) is 13.2. The van der Waals surface area contributed by atoms with Gasteiger partial charge in [-0.15, -0.1) is 0 Å². The van der Waals surface area contributed by atoms with Crippen molar-refractivity contribution in [3.05, 3.63) is 41.5 Å². The van der Waals surface area contributed by atoms with E-state index in [1.807, 2.05) is 0 Å². The summed E-state index contributed by atoms with van der Waals surface area (Å²) in [5.74, 6) is -1.24. The normalized spacial score (nSPS) is 12.9. The summed E-state index contributed by atoms with van der Waals surface area (Å²) in [5.41, 5.74) is -0.374. The average molecular weight is 345 g/mol. The van der Waals surface area contributed by atoms with Gasteiger partial charge in [0.15, 0.2) is 6.10 Å². The van der Waals surface area contributed by atoms with E-state index < -0.39 is 29.7 Å². The smallest absolute Gasteiger partial charge is 0.416 e. The van der Waals surface area contributed by atoms with E-state index in [9.17, 15) is 22.8 Å². The number of ether oxygens (including phenoxy) is 2. The fourth-order valence-corrected chi connectivity index (χ4v) is 1.63. The first-order chi connectivity index (χ1) is 11.2. The molecule has 0 heterocycles. The number of amides is 1. The second kappa shape index (κ2) is 9.07. The van der Waals surface area contributed by atoms with Gasteiger partial charge in [0.2, 0.25) is 0 Å². The molecule has 0 saturated heterocycles. The summed E-state index contributed by atoms with van der Waals surface area (Å²) in [6.07, 6.45) is -3.06. The first-order valence-electron chi connectivity index (χ1n) is 7.06. The third-order valence-corrected chi connectivity index (χ3v) is 2.92. The predicted molar refractivity (Wildman–Crippen MR) is 80.9 cm³/mol. The molecule has 0 aliphatic heterocycles. The van der Waals surface area contributed by atoms with Crippen molar-refractivity contribution in [1.29, 1.82) is 0 Å². The van der Waals surface area contributed by atoms with Crippen LogP contribution in [0.3, 0.4) is 0 Å². The van der Waals surface area contributed by atoms with E-state index in [-0.39, 0.29) is 0 Å². The maximum absolute atomic E-state index is 12.4. The van der Waals surface area contributed by atoms with Crippen molar-refractivity contribution in [3.63, 3.8) is 0 Å². The minimum absolute atomic E-state index is 0.290. The SMILES string of the molecule is COCCNC(=O)[C@@H](C)OC(=O)/C=C/c1ccc(C(F)(F)F)cc1. The molecule has 1 N–H and O–H groups in total. The number of hydrogen-bond donors (Lipinski definition) is 1. The van der Waals surface area contributed by atoms with Crippen LogP contribution in [0.2, 0.25) is 0 Å². The highest BCUT2D eigenvalue weighted by atomic mass is 19.4. The fourth-order valence-electron chi connectivity index (χ4n) is 1.63. The van der Waals surface area contributed by atoms with Gasteiger partial charge in [-0.05, 0) is 30.7 Å². The van der Waals surface area contributed by atoms with E-state index in [2.05, 4.69) is 5.32 Å². The Labute approximate surface area is 137 Å². The Hall–Kier alpha value is -2.35. The Balaban J connectivity index is 2.52. The van der Waals surface area contributed by atoms with Gasteiger partial charge in [0.1, 0.15) is 0 Å². The van der Waals surface area contributed by atoms with Crippen LogP contribution in [-0.4, -0.2) is 38.2 Å². The van der Waals surface area contributed by atoms with Gasteiger partial charge in [0, 0.05) is 19.7 Å². The molecular formula is C16H18F3NO4. The molecular weight excluding hydrogens is 327 g/mol. The topological polar surface area (TPSA) is 64.6 Å². The predicted octanol–water partition coefficient (Wildman–Crippen LogP) is 2.41. The van der Waals surface area contributed by atoms with Crippen molar-refractivity contribution in [1.82, 2.24) is 5.32 Å². The Bertz CT molecular complexity index is 582. The van der Waals surface area contributed by atoms with Gasteiger partial charge >= 0.3 is 12.1 Å². The Morgan fingerprint density at radius 2 is 1.88 bits per heavy atom. The molecule has 0 fully saturated rings. The number of methoxy groups -OCH3 is 1. The molecule has 0 aliphatic carbocycles. The number of carbonyl (C=O) groups excluding carboxylic acids is 2. The van der Waals surface area contributed by atoms with Gasteiger partial charge < -0.3 is 14.8 Å². The third kappa shape index (κ3) is 6.82. The van der Waals surface area contributed by atoms with Crippen molar-refractivity contribution in [3.8, 4) is 0 Å². The fraction of sp³-hybridized carbons (Fsp3) is 0.375. The molecule has 5 nitrogen and oxygen atoms in total. The van der Waals surface area contributed by atoms with E-state index in [4.69, 9.17) is 9.47 Å². The van der Waals surface area contributed by atoms with Gasteiger partial charge in [-0.3, -0.25) is 4.79 Å². The first-order valence-corrected chi connectivity index (χ1v) is 7.06. The second-order valence-electron chi connectivity index (χ2n) is 4.82. The highest BCUT2D eigenvalue weighted by Crippen LogP contribution is 2.29. The van der Waals surface area contributed by atoms with Crippen LogP contribution in [0.1, 0.15) is 18.1 Å². The lowest BCUT2D eigenvalue weighted by molar-refractivity contribution is -0.150. The van der Waals surface area contributed by atoms with Crippen LogP contribution < -0.4 is 5.32 Å². The minimum atomic E-state index is -4.41. The summed E-state index contributed by atoms with van der Waals surface area (Å²) in [6.45, 7) is 2.03. The molecule has 1 aromatic carbocycles. The maximum atomic E-state index is 12.4. The first kappa shape index (κ1) is 19.7. The molecule has 0 aromatic heterocycles. The molecule has 1 amide bonds. The summed E-state index contributed by atoms with van der Waals surface area (Å²) in [4.78, 5) is 23.2. The van der Waals surface area contributed by atoms with Crippen LogP contribution >= 0.6 is 0 Å². The van der Waals surface area contributed by atoms with E-state index >= 15 is 0 Å². The Kier molecular flexibility index (Phi) is 7.44. The van der Waals surface area contributed by atoms with E-state index in [0.29, 0.717) is 18.7 Å². The van der Waals surface area contributed by atoms with Crippen molar-refractivity contribution in [2.75, 3.05) is 20.3 Å². The lowest BCUT2D eigenvalue weighted by Crippen LogP contribution is -2.37. The quantitative estimate of drug-likeness (QED) is 0.468. The highest BCUT2D eigenvalue weighted by Gasteiger charge is 2.29. The largest absolute Gasteiger partial charge is 0.449 e. The van der Waals surface area contributed by atoms with E-state index in [0.717, 1.165) is 18.2 Å². The number of benzene rings is 1.